The zero-order valence-electron chi connectivity index (χ0n) is 9.86. The summed E-state index contributed by atoms with van der Waals surface area (Å²) in [5, 5.41) is 12.0. The molecule has 0 atom stereocenters. The number of aryl methyl sites for hydroxylation is 1. The van der Waals surface area contributed by atoms with Crippen LogP contribution in [0.25, 0.3) is 0 Å². The Morgan fingerprint density at radius 3 is 2.94 bits per heavy atom. The van der Waals surface area contributed by atoms with Crippen LogP contribution in [0.5, 0.6) is 0 Å². The van der Waals surface area contributed by atoms with Crippen LogP contribution < -0.4 is 10.2 Å². The fraction of sp³-hybridized carbons (Fsp3) is 0.333. The van der Waals surface area contributed by atoms with Crippen molar-refractivity contribution in [2.75, 3.05) is 23.3 Å². The van der Waals surface area contributed by atoms with E-state index < -0.39 is 5.97 Å². The Labute approximate surface area is 109 Å². The van der Waals surface area contributed by atoms with Crippen molar-refractivity contribution in [3.05, 3.63) is 22.7 Å². The maximum absolute atomic E-state index is 11.6. The van der Waals surface area contributed by atoms with Gasteiger partial charge in [0.25, 0.3) is 0 Å². The molecule has 1 aromatic carbocycles. The molecule has 0 aromatic heterocycles. The topological polar surface area (TPSA) is 69.6 Å². The minimum atomic E-state index is -0.937. The number of halogens is 1. The van der Waals surface area contributed by atoms with Gasteiger partial charge in [-0.05, 0) is 24.6 Å². The van der Waals surface area contributed by atoms with E-state index in [9.17, 15) is 9.59 Å². The predicted octanol–water partition coefficient (Wildman–Crippen LogP) is 1.88. The van der Waals surface area contributed by atoms with Crippen molar-refractivity contribution in [1.29, 1.82) is 0 Å². The summed E-state index contributed by atoms with van der Waals surface area (Å²) >= 11 is 6.10. The van der Waals surface area contributed by atoms with Crippen molar-refractivity contribution < 1.29 is 14.7 Å². The molecule has 0 saturated carbocycles. The normalized spacial score (nSPS) is 14.8. The summed E-state index contributed by atoms with van der Waals surface area (Å²) in [6, 6.07) is 3.57. The highest BCUT2D eigenvalue weighted by molar-refractivity contribution is 6.34. The SMILES string of the molecule is Cc1cc(Cl)c2c(c1)N(CC(=O)O)CCC(=O)N2. The van der Waals surface area contributed by atoms with Gasteiger partial charge in [-0.1, -0.05) is 11.6 Å². The standard InChI is InChI=1S/C12H13ClN2O3/c1-7-4-8(13)12-9(5-7)15(6-11(17)18)3-2-10(16)14-12/h4-5H,2-3,6H2,1H3,(H,14,16)(H,17,18). The number of carboxylic acid groups (broad SMARTS) is 1. The minimum absolute atomic E-state index is 0.151. The first-order valence-corrected chi connectivity index (χ1v) is 5.92. The molecule has 5 nitrogen and oxygen atoms in total. The number of anilines is 2. The summed E-state index contributed by atoms with van der Waals surface area (Å²) in [5.74, 6) is -1.09. The van der Waals surface area contributed by atoms with Gasteiger partial charge in [0.15, 0.2) is 0 Å². The van der Waals surface area contributed by atoms with E-state index >= 15 is 0 Å². The molecule has 0 spiro atoms. The molecule has 0 saturated heterocycles. The number of rotatable bonds is 2. The fourth-order valence-corrected chi connectivity index (χ4v) is 2.30. The van der Waals surface area contributed by atoms with Gasteiger partial charge in [-0.3, -0.25) is 9.59 Å². The predicted molar refractivity (Wildman–Crippen MR) is 69.3 cm³/mol. The number of carbonyl (C=O) groups is 2. The first-order valence-electron chi connectivity index (χ1n) is 5.54. The van der Waals surface area contributed by atoms with E-state index in [4.69, 9.17) is 16.7 Å². The molecule has 96 valence electrons. The van der Waals surface area contributed by atoms with Crippen LogP contribution in [-0.4, -0.2) is 30.1 Å². The van der Waals surface area contributed by atoms with Gasteiger partial charge in [0.2, 0.25) is 5.91 Å². The third-order valence-electron chi connectivity index (χ3n) is 2.75. The van der Waals surface area contributed by atoms with Gasteiger partial charge < -0.3 is 15.3 Å². The van der Waals surface area contributed by atoms with Crippen LogP contribution in [0.4, 0.5) is 11.4 Å². The van der Waals surface area contributed by atoms with Crippen LogP contribution in [0, 0.1) is 6.92 Å². The van der Waals surface area contributed by atoms with E-state index in [0.29, 0.717) is 22.9 Å². The fourth-order valence-electron chi connectivity index (χ4n) is 1.98. The van der Waals surface area contributed by atoms with E-state index in [-0.39, 0.29) is 18.9 Å². The van der Waals surface area contributed by atoms with E-state index in [1.807, 2.05) is 13.0 Å². The lowest BCUT2D eigenvalue weighted by atomic mass is 10.1. The molecular formula is C12H13ClN2O3. The molecule has 1 aromatic rings. The lowest BCUT2D eigenvalue weighted by Gasteiger charge is -2.23. The first-order chi connectivity index (χ1) is 8.47. The van der Waals surface area contributed by atoms with Gasteiger partial charge in [0, 0.05) is 13.0 Å². The van der Waals surface area contributed by atoms with E-state index in [0.717, 1.165) is 5.56 Å². The second kappa shape index (κ2) is 4.86. The van der Waals surface area contributed by atoms with Crippen molar-refractivity contribution in [2.24, 2.45) is 0 Å². The molecule has 0 unspecified atom stereocenters. The number of nitrogens with one attached hydrogen (secondary N) is 1. The molecule has 1 aliphatic heterocycles. The quantitative estimate of drug-likeness (QED) is 0.859. The number of carbonyl (C=O) groups excluding carboxylic acids is 1. The Morgan fingerprint density at radius 1 is 1.56 bits per heavy atom. The number of benzene rings is 1. The maximum atomic E-state index is 11.6. The van der Waals surface area contributed by atoms with Crippen LogP contribution in [-0.2, 0) is 9.59 Å². The molecule has 0 fully saturated rings. The molecule has 0 radical (unpaired) electrons. The molecule has 1 amide bonds. The van der Waals surface area contributed by atoms with E-state index in [2.05, 4.69) is 5.32 Å². The molecule has 2 rings (SSSR count). The van der Waals surface area contributed by atoms with Crippen LogP contribution in [0.1, 0.15) is 12.0 Å². The molecule has 6 heteroatoms. The average Bonchev–Trinajstić information content (AvgIpc) is 2.40. The van der Waals surface area contributed by atoms with Gasteiger partial charge in [-0.25, -0.2) is 0 Å². The first kappa shape index (κ1) is 12.7. The van der Waals surface area contributed by atoms with E-state index in [1.54, 1.807) is 11.0 Å². The lowest BCUT2D eigenvalue weighted by molar-refractivity contribution is -0.135. The van der Waals surface area contributed by atoms with Gasteiger partial charge in [0.05, 0.1) is 16.4 Å². The largest absolute Gasteiger partial charge is 0.480 e. The van der Waals surface area contributed by atoms with Crippen molar-refractivity contribution in [1.82, 2.24) is 0 Å². The molecular weight excluding hydrogens is 256 g/mol. The Bertz CT molecular complexity index is 516. The number of hydrogen-bond donors (Lipinski definition) is 2. The zero-order valence-corrected chi connectivity index (χ0v) is 10.6. The molecule has 1 aliphatic rings. The lowest BCUT2D eigenvalue weighted by Crippen LogP contribution is -2.30. The molecule has 2 N–H and O–H groups in total. The smallest absolute Gasteiger partial charge is 0.323 e. The second-order valence-electron chi connectivity index (χ2n) is 4.25. The summed E-state index contributed by atoms with van der Waals surface area (Å²) in [5.41, 5.74) is 2.07. The Kier molecular flexibility index (Phi) is 3.43. The number of amides is 1. The monoisotopic (exact) mass is 268 g/mol. The number of nitrogens with zero attached hydrogens (tertiary/aromatic N) is 1. The van der Waals surface area contributed by atoms with Gasteiger partial charge in [-0.2, -0.15) is 0 Å². The third-order valence-corrected chi connectivity index (χ3v) is 3.05. The summed E-state index contributed by atoms with van der Waals surface area (Å²) in [6.07, 6.45) is 0.247. The molecule has 0 aliphatic carbocycles. The minimum Gasteiger partial charge on any atom is -0.480 e. The molecule has 18 heavy (non-hydrogen) atoms. The van der Waals surface area contributed by atoms with Gasteiger partial charge in [0.1, 0.15) is 6.54 Å². The average molecular weight is 269 g/mol. The van der Waals surface area contributed by atoms with Gasteiger partial charge in [-0.15, -0.1) is 0 Å². The van der Waals surface area contributed by atoms with Gasteiger partial charge >= 0.3 is 5.97 Å². The Morgan fingerprint density at radius 2 is 2.28 bits per heavy atom. The third kappa shape index (κ3) is 2.56. The van der Waals surface area contributed by atoms with Crippen LogP contribution in [0.15, 0.2) is 12.1 Å². The summed E-state index contributed by atoms with van der Waals surface area (Å²) in [6.45, 7) is 2.09. The summed E-state index contributed by atoms with van der Waals surface area (Å²) in [4.78, 5) is 24.1. The van der Waals surface area contributed by atoms with Crippen molar-refractivity contribution in [3.8, 4) is 0 Å². The number of hydrogen-bond acceptors (Lipinski definition) is 3. The number of carboxylic acids is 1. The van der Waals surface area contributed by atoms with E-state index in [1.165, 1.54) is 0 Å². The Hall–Kier alpha value is -1.75. The number of fused-ring (bicyclic) bond motifs is 1. The van der Waals surface area contributed by atoms with Crippen LogP contribution in [0.2, 0.25) is 5.02 Å². The number of aliphatic carboxylic acids is 1. The van der Waals surface area contributed by atoms with Crippen molar-refractivity contribution in [3.63, 3.8) is 0 Å². The van der Waals surface area contributed by atoms with Crippen LogP contribution >= 0.6 is 11.6 Å². The summed E-state index contributed by atoms with van der Waals surface area (Å²) < 4.78 is 0. The second-order valence-corrected chi connectivity index (χ2v) is 4.66. The Balaban J connectivity index is 2.49. The molecule has 1 heterocycles. The van der Waals surface area contributed by atoms with Crippen molar-refractivity contribution in [2.45, 2.75) is 13.3 Å². The van der Waals surface area contributed by atoms with Crippen LogP contribution in [0.3, 0.4) is 0 Å². The highest BCUT2D eigenvalue weighted by Gasteiger charge is 2.23. The van der Waals surface area contributed by atoms with Crippen molar-refractivity contribution >= 4 is 34.9 Å². The zero-order chi connectivity index (χ0) is 13.3. The highest BCUT2D eigenvalue weighted by Crippen LogP contribution is 2.36. The summed E-state index contributed by atoms with van der Waals surface area (Å²) in [7, 11) is 0. The maximum Gasteiger partial charge on any atom is 0.323 e. The molecule has 0 bridgehead atoms. The highest BCUT2D eigenvalue weighted by atomic mass is 35.5.